The van der Waals surface area contributed by atoms with E-state index in [4.69, 9.17) is 4.74 Å². The Morgan fingerprint density at radius 1 is 1.09 bits per heavy atom. The lowest BCUT2D eigenvalue weighted by atomic mass is 10.1. The van der Waals surface area contributed by atoms with Crippen LogP contribution in [0.5, 0.6) is 0 Å². The third-order valence-electron chi connectivity index (χ3n) is 4.49. The standard InChI is InChI=1S/C22H19F3N4O4/c1-33-21(32)15-9-14(10-16(11-15)28-19(30)13-29-8-4-7-27-29)12-26-20(31)17-5-2-3-6-18(17)22(23,24)25/h2-11H,12-13H2,1H3,(H,26,31)(H,28,30). The lowest BCUT2D eigenvalue weighted by Gasteiger charge is -2.14. The van der Waals surface area contributed by atoms with Crippen LogP contribution in [0, 0.1) is 0 Å². The maximum absolute atomic E-state index is 13.2. The van der Waals surface area contributed by atoms with Crippen LogP contribution in [0.4, 0.5) is 18.9 Å². The summed E-state index contributed by atoms with van der Waals surface area (Å²) in [4.78, 5) is 36.7. The molecule has 33 heavy (non-hydrogen) atoms. The van der Waals surface area contributed by atoms with Crippen molar-refractivity contribution in [1.29, 1.82) is 0 Å². The number of rotatable bonds is 7. The monoisotopic (exact) mass is 460 g/mol. The molecule has 8 nitrogen and oxygen atoms in total. The fourth-order valence-corrected chi connectivity index (χ4v) is 3.05. The number of esters is 1. The van der Waals surface area contributed by atoms with E-state index >= 15 is 0 Å². The molecule has 0 radical (unpaired) electrons. The summed E-state index contributed by atoms with van der Waals surface area (Å²) in [5.41, 5.74) is -0.881. The summed E-state index contributed by atoms with van der Waals surface area (Å²) >= 11 is 0. The molecule has 2 N–H and O–H groups in total. The summed E-state index contributed by atoms with van der Waals surface area (Å²) < 4.78 is 45.7. The molecule has 1 aromatic heterocycles. The predicted octanol–water partition coefficient (Wildman–Crippen LogP) is 3.26. The summed E-state index contributed by atoms with van der Waals surface area (Å²) in [5, 5.41) is 8.96. The Hall–Kier alpha value is -4.15. The average molecular weight is 460 g/mol. The molecule has 0 fully saturated rings. The number of amides is 2. The van der Waals surface area contributed by atoms with E-state index in [0.717, 1.165) is 12.1 Å². The topological polar surface area (TPSA) is 102 Å². The zero-order chi connectivity index (χ0) is 24.0. The van der Waals surface area contributed by atoms with Crippen LogP contribution >= 0.6 is 0 Å². The molecule has 0 aliphatic carbocycles. The maximum atomic E-state index is 13.2. The van der Waals surface area contributed by atoms with Gasteiger partial charge in [0.2, 0.25) is 5.91 Å². The third-order valence-corrected chi connectivity index (χ3v) is 4.49. The van der Waals surface area contributed by atoms with Crippen molar-refractivity contribution >= 4 is 23.5 Å². The van der Waals surface area contributed by atoms with Gasteiger partial charge in [0.1, 0.15) is 6.54 Å². The van der Waals surface area contributed by atoms with Crippen LogP contribution in [0.25, 0.3) is 0 Å². The van der Waals surface area contributed by atoms with Crippen molar-refractivity contribution in [3.63, 3.8) is 0 Å². The molecule has 3 aromatic rings. The predicted molar refractivity (Wildman–Crippen MR) is 111 cm³/mol. The van der Waals surface area contributed by atoms with Gasteiger partial charge in [0.25, 0.3) is 5.91 Å². The Bertz CT molecular complexity index is 1160. The first-order valence-electron chi connectivity index (χ1n) is 9.61. The molecule has 0 saturated carbocycles. The zero-order valence-electron chi connectivity index (χ0n) is 17.3. The van der Waals surface area contributed by atoms with Gasteiger partial charge in [-0.1, -0.05) is 12.1 Å². The Morgan fingerprint density at radius 2 is 1.85 bits per heavy atom. The number of carbonyl (C=O) groups excluding carboxylic acids is 3. The lowest BCUT2D eigenvalue weighted by Crippen LogP contribution is -2.26. The molecule has 172 valence electrons. The van der Waals surface area contributed by atoms with Crippen molar-refractivity contribution in [2.45, 2.75) is 19.3 Å². The van der Waals surface area contributed by atoms with Gasteiger partial charge in [0.15, 0.2) is 0 Å². The summed E-state index contributed by atoms with van der Waals surface area (Å²) in [6, 6.07) is 10.4. The summed E-state index contributed by atoms with van der Waals surface area (Å²) in [6.07, 6.45) is -1.57. The van der Waals surface area contributed by atoms with E-state index in [1.807, 2.05) is 0 Å². The number of halogens is 3. The number of hydrogen-bond donors (Lipinski definition) is 2. The Morgan fingerprint density at radius 3 is 2.52 bits per heavy atom. The van der Waals surface area contributed by atoms with Crippen LogP contribution in [0.3, 0.4) is 0 Å². The molecule has 2 aromatic carbocycles. The number of benzene rings is 2. The molecule has 0 spiro atoms. The van der Waals surface area contributed by atoms with Crippen LogP contribution in [-0.4, -0.2) is 34.7 Å². The van der Waals surface area contributed by atoms with Crippen molar-refractivity contribution in [2.24, 2.45) is 0 Å². The molecule has 0 bridgehead atoms. The van der Waals surface area contributed by atoms with E-state index in [9.17, 15) is 27.6 Å². The highest BCUT2D eigenvalue weighted by atomic mass is 19.4. The van der Waals surface area contributed by atoms with Crippen LogP contribution in [0.15, 0.2) is 60.9 Å². The molecule has 0 aliphatic heterocycles. The van der Waals surface area contributed by atoms with Crippen LogP contribution in [0.2, 0.25) is 0 Å². The first kappa shape index (κ1) is 23.5. The SMILES string of the molecule is COC(=O)c1cc(CNC(=O)c2ccccc2C(F)(F)F)cc(NC(=O)Cn2cccn2)c1. The first-order valence-corrected chi connectivity index (χ1v) is 9.61. The number of anilines is 1. The molecule has 2 amide bonds. The van der Waals surface area contributed by atoms with E-state index in [1.54, 1.807) is 12.3 Å². The van der Waals surface area contributed by atoms with Gasteiger partial charge in [-0.2, -0.15) is 18.3 Å². The van der Waals surface area contributed by atoms with Gasteiger partial charge >= 0.3 is 12.1 Å². The number of alkyl halides is 3. The summed E-state index contributed by atoms with van der Waals surface area (Å²) in [6.45, 7) is -0.270. The van der Waals surface area contributed by atoms with Gasteiger partial charge in [-0.05, 0) is 42.0 Å². The van der Waals surface area contributed by atoms with Crippen LogP contribution < -0.4 is 10.6 Å². The van der Waals surface area contributed by atoms with Crippen molar-refractivity contribution in [1.82, 2.24) is 15.1 Å². The van der Waals surface area contributed by atoms with Crippen LogP contribution in [-0.2, 0) is 28.8 Å². The molecule has 0 saturated heterocycles. The molecular weight excluding hydrogens is 441 g/mol. The van der Waals surface area contributed by atoms with Crippen LogP contribution in [0.1, 0.15) is 31.8 Å². The summed E-state index contributed by atoms with van der Waals surface area (Å²) in [7, 11) is 1.18. The average Bonchev–Trinajstić information content (AvgIpc) is 3.29. The zero-order valence-corrected chi connectivity index (χ0v) is 17.3. The van der Waals surface area contributed by atoms with Gasteiger partial charge in [-0.25, -0.2) is 4.79 Å². The number of carbonyl (C=O) groups is 3. The van der Waals surface area contributed by atoms with Gasteiger partial charge in [0, 0.05) is 24.6 Å². The quantitative estimate of drug-likeness (QED) is 0.527. The minimum absolute atomic E-state index is 0.0737. The number of ether oxygens (including phenoxy) is 1. The second-order valence-electron chi connectivity index (χ2n) is 6.89. The molecule has 0 unspecified atom stereocenters. The Kier molecular flexibility index (Phi) is 7.11. The van der Waals surface area contributed by atoms with E-state index in [1.165, 1.54) is 48.3 Å². The maximum Gasteiger partial charge on any atom is 0.417 e. The van der Waals surface area contributed by atoms with E-state index < -0.39 is 35.1 Å². The highest BCUT2D eigenvalue weighted by Crippen LogP contribution is 2.31. The van der Waals surface area contributed by atoms with Gasteiger partial charge in [-0.15, -0.1) is 0 Å². The van der Waals surface area contributed by atoms with Gasteiger partial charge in [-0.3, -0.25) is 14.3 Å². The largest absolute Gasteiger partial charge is 0.465 e. The minimum Gasteiger partial charge on any atom is -0.465 e. The fourth-order valence-electron chi connectivity index (χ4n) is 3.05. The highest BCUT2D eigenvalue weighted by Gasteiger charge is 2.34. The van der Waals surface area contributed by atoms with E-state index in [-0.39, 0.29) is 24.3 Å². The third kappa shape index (κ3) is 6.19. The number of hydrogen-bond acceptors (Lipinski definition) is 5. The second-order valence-corrected chi connectivity index (χ2v) is 6.89. The molecule has 0 aliphatic rings. The fraction of sp³-hybridized carbons (Fsp3) is 0.182. The van der Waals surface area contributed by atoms with E-state index in [0.29, 0.717) is 5.56 Å². The van der Waals surface area contributed by atoms with Crippen molar-refractivity contribution in [3.8, 4) is 0 Å². The first-order chi connectivity index (χ1) is 15.7. The number of nitrogens with zero attached hydrogens (tertiary/aromatic N) is 2. The van der Waals surface area contributed by atoms with Crippen molar-refractivity contribution < 1.29 is 32.3 Å². The smallest absolute Gasteiger partial charge is 0.417 e. The number of aromatic nitrogens is 2. The van der Waals surface area contributed by atoms with Gasteiger partial charge < -0.3 is 15.4 Å². The van der Waals surface area contributed by atoms with Crippen molar-refractivity contribution in [3.05, 3.63) is 83.2 Å². The molecule has 1 heterocycles. The van der Waals surface area contributed by atoms with E-state index in [2.05, 4.69) is 15.7 Å². The molecule has 3 rings (SSSR count). The second kappa shape index (κ2) is 9.98. The van der Waals surface area contributed by atoms with Crippen molar-refractivity contribution in [2.75, 3.05) is 12.4 Å². The Balaban J connectivity index is 1.78. The highest BCUT2D eigenvalue weighted by molar-refractivity contribution is 5.96. The van der Waals surface area contributed by atoms with Gasteiger partial charge in [0.05, 0.1) is 23.8 Å². The Labute approximate surface area is 186 Å². The lowest BCUT2D eigenvalue weighted by molar-refractivity contribution is -0.138. The number of methoxy groups -OCH3 is 1. The number of nitrogens with one attached hydrogen (secondary N) is 2. The minimum atomic E-state index is -4.69. The summed E-state index contributed by atoms with van der Waals surface area (Å²) in [5.74, 6) is -2.04. The molecular formula is C22H19F3N4O4. The normalized spacial score (nSPS) is 11.0. The molecule has 11 heteroatoms. The molecule has 0 atom stereocenters.